The van der Waals surface area contributed by atoms with Gasteiger partial charge in [-0.1, -0.05) is 0 Å². The number of carbonyl (C=O) groups excluding carboxylic acids is 2. The zero-order valence-electron chi connectivity index (χ0n) is 10.9. The maximum atomic E-state index is 11.5. The number of carboxylic acids is 1. The smallest absolute Gasteiger partial charge is 0.326 e. The molecule has 0 fully saturated rings. The minimum atomic E-state index is -1.32. The van der Waals surface area contributed by atoms with Crippen molar-refractivity contribution < 1.29 is 19.5 Å². The van der Waals surface area contributed by atoms with E-state index in [1.54, 1.807) is 0 Å². The molecule has 1 atom stereocenters. The number of aryl methyl sites for hydroxylation is 1. The predicted molar refractivity (Wildman–Crippen MR) is 72.3 cm³/mol. The first kappa shape index (κ1) is 15.9. The van der Waals surface area contributed by atoms with E-state index in [0.29, 0.717) is 13.0 Å². The summed E-state index contributed by atoms with van der Waals surface area (Å²) >= 11 is 1.52. The number of hydrogen-bond acceptors (Lipinski definition) is 5. The highest BCUT2D eigenvalue weighted by Crippen LogP contribution is 2.07. The van der Waals surface area contributed by atoms with Gasteiger partial charge in [-0.15, -0.1) is 11.3 Å². The van der Waals surface area contributed by atoms with Crippen molar-refractivity contribution in [1.82, 2.24) is 15.6 Å². The van der Waals surface area contributed by atoms with Crippen LogP contribution in [-0.4, -0.2) is 40.6 Å². The lowest BCUT2D eigenvalue weighted by atomic mass is 10.2. The Morgan fingerprint density at radius 1 is 1.50 bits per heavy atom. The van der Waals surface area contributed by atoms with Crippen molar-refractivity contribution in [3.8, 4) is 0 Å². The van der Waals surface area contributed by atoms with E-state index in [9.17, 15) is 14.4 Å². The van der Waals surface area contributed by atoms with E-state index in [1.807, 2.05) is 12.3 Å². The van der Waals surface area contributed by atoms with Gasteiger partial charge in [-0.05, 0) is 6.92 Å². The molecule has 110 valence electrons. The van der Waals surface area contributed by atoms with E-state index in [-0.39, 0.29) is 0 Å². The minimum absolute atomic E-state index is 0.317. The molecule has 5 N–H and O–H groups in total. The van der Waals surface area contributed by atoms with Crippen molar-refractivity contribution >= 4 is 29.2 Å². The minimum Gasteiger partial charge on any atom is -0.480 e. The molecule has 8 nitrogen and oxygen atoms in total. The monoisotopic (exact) mass is 300 g/mol. The van der Waals surface area contributed by atoms with Crippen LogP contribution in [0.5, 0.6) is 0 Å². The molecule has 1 rings (SSSR count). The van der Waals surface area contributed by atoms with E-state index in [0.717, 1.165) is 10.7 Å². The molecule has 1 aromatic heterocycles. The van der Waals surface area contributed by atoms with Crippen LogP contribution in [0.4, 0.5) is 4.79 Å². The van der Waals surface area contributed by atoms with Crippen molar-refractivity contribution in [1.29, 1.82) is 0 Å². The fraction of sp³-hybridized carbons (Fsp3) is 0.455. The highest BCUT2D eigenvalue weighted by molar-refractivity contribution is 7.09. The van der Waals surface area contributed by atoms with Crippen LogP contribution in [0, 0.1) is 6.92 Å². The molecule has 1 aromatic rings. The van der Waals surface area contributed by atoms with Crippen molar-refractivity contribution in [2.45, 2.75) is 25.8 Å². The topological polar surface area (TPSA) is 134 Å². The van der Waals surface area contributed by atoms with Crippen LogP contribution in [-0.2, 0) is 16.0 Å². The summed E-state index contributed by atoms with van der Waals surface area (Å²) < 4.78 is 0. The first-order valence-electron chi connectivity index (χ1n) is 5.85. The Morgan fingerprint density at radius 2 is 2.20 bits per heavy atom. The Morgan fingerprint density at radius 3 is 2.70 bits per heavy atom. The van der Waals surface area contributed by atoms with Gasteiger partial charge in [0.1, 0.15) is 6.04 Å². The first-order chi connectivity index (χ1) is 9.38. The molecule has 9 heteroatoms. The third-order valence-electron chi connectivity index (χ3n) is 2.34. The largest absolute Gasteiger partial charge is 0.480 e. The van der Waals surface area contributed by atoms with Crippen LogP contribution in [0.1, 0.15) is 17.1 Å². The van der Waals surface area contributed by atoms with Gasteiger partial charge in [0.2, 0.25) is 5.91 Å². The molecule has 0 aliphatic rings. The number of rotatable bonds is 7. The lowest BCUT2D eigenvalue weighted by molar-refractivity contribution is -0.140. The summed E-state index contributed by atoms with van der Waals surface area (Å²) in [6.45, 7) is 2.20. The van der Waals surface area contributed by atoms with Crippen molar-refractivity contribution in [2.24, 2.45) is 5.73 Å². The number of aliphatic carboxylic acids is 1. The summed E-state index contributed by atoms with van der Waals surface area (Å²) in [5.41, 5.74) is 5.77. The second kappa shape index (κ2) is 7.43. The molecule has 0 aromatic carbocycles. The van der Waals surface area contributed by atoms with E-state index < -0.39 is 30.4 Å². The Kier molecular flexibility index (Phi) is 5.91. The van der Waals surface area contributed by atoms with E-state index >= 15 is 0 Å². The second-order valence-corrected chi connectivity index (χ2v) is 5.13. The molecular formula is C11H16N4O4S. The molecule has 20 heavy (non-hydrogen) atoms. The molecule has 0 spiro atoms. The van der Waals surface area contributed by atoms with Crippen LogP contribution < -0.4 is 16.4 Å². The molecular weight excluding hydrogens is 284 g/mol. The number of carboxylic acid groups (broad SMARTS) is 1. The van der Waals surface area contributed by atoms with Gasteiger partial charge < -0.3 is 21.5 Å². The van der Waals surface area contributed by atoms with Crippen molar-refractivity contribution in [2.75, 3.05) is 6.54 Å². The highest BCUT2D eigenvalue weighted by atomic mass is 32.1. The number of aromatic nitrogens is 1. The molecule has 0 saturated heterocycles. The average Bonchev–Trinajstić information content (AvgIpc) is 2.73. The SMILES string of the molecule is Cc1nc(CCNC(=O)N[C@@H](CC(N)=O)C(=O)O)cs1. The summed E-state index contributed by atoms with van der Waals surface area (Å²) in [6, 6.07) is -1.99. The fourth-order valence-corrected chi connectivity index (χ4v) is 2.08. The summed E-state index contributed by atoms with van der Waals surface area (Å²) in [5, 5.41) is 16.3. The van der Waals surface area contributed by atoms with Gasteiger partial charge in [0.25, 0.3) is 0 Å². The fourth-order valence-electron chi connectivity index (χ4n) is 1.44. The van der Waals surface area contributed by atoms with Crippen molar-refractivity contribution in [3.63, 3.8) is 0 Å². The van der Waals surface area contributed by atoms with Crippen LogP contribution in [0.25, 0.3) is 0 Å². The van der Waals surface area contributed by atoms with Gasteiger partial charge >= 0.3 is 12.0 Å². The number of nitrogens with zero attached hydrogens (tertiary/aromatic N) is 1. The standard InChI is InChI=1S/C11H16N4O4S/c1-6-14-7(5-20-6)2-3-13-11(19)15-8(10(17)18)4-9(12)16/h5,8H,2-4H2,1H3,(H2,12,16)(H,17,18)(H2,13,15,19)/t8-/m0/s1. The number of amides is 3. The maximum Gasteiger partial charge on any atom is 0.326 e. The molecule has 0 bridgehead atoms. The Balaban J connectivity index is 2.34. The molecule has 0 aliphatic heterocycles. The maximum absolute atomic E-state index is 11.5. The first-order valence-corrected chi connectivity index (χ1v) is 6.73. The van der Waals surface area contributed by atoms with Gasteiger partial charge in [0.15, 0.2) is 0 Å². The number of thiazole rings is 1. The molecule has 0 radical (unpaired) electrons. The van der Waals surface area contributed by atoms with Crippen LogP contribution >= 0.6 is 11.3 Å². The summed E-state index contributed by atoms with van der Waals surface area (Å²) in [4.78, 5) is 37.2. The summed E-state index contributed by atoms with van der Waals surface area (Å²) in [7, 11) is 0. The molecule has 1 heterocycles. The molecule has 3 amide bonds. The molecule has 0 unspecified atom stereocenters. The number of primary amides is 1. The summed E-state index contributed by atoms with van der Waals surface area (Å²) in [6.07, 6.45) is 0.0966. The number of nitrogens with two attached hydrogens (primary N) is 1. The third kappa shape index (κ3) is 5.65. The normalized spacial score (nSPS) is 11.7. The van der Waals surface area contributed by atoms with Gasteiger partial charge in [-0.2, -0.15) is 0 Å². The highest BCUT2D eigenvalue weighted by Gasteiger charge is 2.21. The zero-order chi connectivity index (χ0) is 15.1. The Hall–Kier alpha value is -2.16. The van der Waals surface area contributed by atoms with E-state index in [4.69, 9.17) is 10.8 Å². The van der Waals surface area contributed by atoms with E-state index in [2.05, 4.69) is 15.6 Å². The van der Waals surface area contributed by atoms with Gasteiger partial charge in [0.05, 0.1) is 17.1 Å². The summed E-state index contributed by atoms with van der Waals surface area (Å²) in [5.74, 6) is -2.11. The predicted octanol–water partition coefficient (Wildman–Crippen LogP) is -0.378. The number of carbonyl (C=O) groups is 3. The number of hydrogen-bond donors (Lipinski definition) is 4. The Labute approximate surface area is 119 Å². The lowest BCUT2D eigenvalue weighted by Crippen LogP contribution is -2.48. The van der Waals surface area contributed by atoms with Gasteiger partial charge in [-0.25, -0.2) is 14.6 Å². The quantitative estimate of drug-likeness (QED) is 0.544. The Bertz CT molecular complexity index is 502. The van der Waals surface area contributed by atoms with Gasteiger partial charge in [0, 0.05) is 18.3 Å². The zero-order valence-corrected chi connectivity index (χ0v) is 11.7. The van der Waals surface area contributed by atoms with E-state index in [1.165, 1.54) is 11.3 Å². The molecule has 0 saturated carbocycles. The van der Waals surface area contributed by atoms with Crippen LogP contribution in [0.2, 0.25) is 0 Å². The van der Waals surface area contributed by atoms with Gasteiger partial charge in [-0.3, -0.25) is 4.79 Å². The van der Waals surface area contributed by atoms with Crippen molar-refractivity contribution in [3.05, 3.63) is 16.1 Å². The molecule has 0 aliphatic carbocycles. The average molecular weight is 300 g/mol. The second-order valence-electron chi connectivity index (χ2n) is 4.07. The lowest BCUT2D eigenvalue weighted by Gasteiger charge is -2.13. The number of nitrogens with one attached hydrogen (secondary N) is 2. The van der Waals surface area contributed by atoms with Crippen LogP contribution in [0.3, 0.4) is 0 Å². The number of urea groups is 1. The third-order valence-corrected chi connectivity index (χ3v) is 3.16. The van der Waals surface area contributed by atoms with Crippen LogP contribution in [0.15, 0.2) is 5.38 Å².